The van der Waals surface area contributed by atoms with Crippen molar-refractivity contribution in [3.63, 3.8) is 0 Å². The molecule has 1 aliphatic carbocycles. The zero-order valence-corrected chi connectivity index (χ0v) is 10.6. The first kappa shape index (κ1) is 12.6. The minimum atomic E-state index is -0.872. The molecule has 0 spiro atoms. The van der Waals surface area contributed by atoms with Crippen LogP contribution < -0.4 is 10.2 Å². The van der Waals surface area contributed by atoms with Gasteiger partial charge in [0.15, 0.2) is 0 Å². The summed E-state index contributed by atoms with van der Waals surface area (Å²) in [6, 6.07) is 1.16. The van der Waals surface area contributed by atoms with Crippen LogP contribution in [0.25, 0.3) is 0 Å². The SMILES string of the molecule is CC(C(=O)O)N(C)c1cc(NCC2CC2)ncn1. The maximum absolute atomic E-state index is 10.9. The lowest BCUT2D eigenvalue weighted by Crippen LogP contribution is -2.36. The van der Waals surface area contributed by atoms with E-state index in [2.05, 4.69) is 15.3 Å². The highest BCUT2D eigenvalue weighted by Crippen LogP contribution is 2.28. The van der Waals surface area contributed by atoms with Crippen LogP contribution in [0.15, 0.2) is 12.4 Å². The Morgan fingerprint density at radius 2 is 2.33 bits per heavy atom. The number of hydrogen-bond donors (Lipinski definition) is 2. The minimum absolute atomic E-state index is 0.609. The molecule has 0 radical (unpaired) electrons. The standard InChI is InChI=1S/C12H18N4O2/c1-8(12(17)18)16(2)11-5-10(14-7-15-11)13-6-9-3-4-9/h5,7-9H,3-4,6H2,1-2H3,(H,17,18)(H,13,14,15). The molecule has 6 heteroatoms. The van der Waals surface area contributed by atoms with E-state index in [0.29, 0.717) is 5.82 Å². The van der Waals surface area contributed by atoms with Crippen LogP contribution in [0, 0.1) is 5.92 Å². The summed E-state index contributed by atoms with van der Waals surface area (Å²) in [6.45, 7) is 2.55. The average molecular weight is 250 g/mol. The highest BCUT2D eigenvalue weighted by molar-refractivity contribution is 5.77. The Bertz CT molecular complexity index is 434. The second-order valence-corrected chi connectivity index (χ2v) is 4.71. The molecule has 98 valence electrons. The number of likely N-dealkylation sites (N-methyl/N-ethyl adjacent to an activating group) is 1. The Kier molecular flexibility index (Phi) is 3.64. The van der Waals surface area contributed by atoms with E-state index in [4.69, 9.17) is 5.11 Å². The lowest BCUT2D eigenvalue weighted by Gasteiger charge is -2.22. The van der Waals surface area contributed by atoms with E-state index in [-0.39, 0.29) is 0 Å². The van der Waals surface area contributed by atoms with Crippen LogP contribution in [0.3, 0.4) is 0 Å². The van der Waals surface area contributed by atoms with Gasteiger partial charge in [-0.15, -0.1) is 0 Å². The number of anilines is 2. The van der Waals surface area contributed by atoms with Crippen molar-refractivity contribution >= 4 is 17.6 Å². The summed E-state index contributed by atoms with van der Waals surface area (Å²) >= 11 is 0. The summed E-state index contributed by atoms with van der Waals surface area (Å²) in [7, 11) is 1.71. The van der Waals surface area contributed by atoms with Crippen molar-refractivity contribution in [3.05, 3.63) is 12.4 Å². The molecule has 1 aromatic heterocycles. The minimum Gasteiger partial charge on any atom is -0.480 e. The van der Waals surface area contributed by atoms with Crippen molar-refractivity contribution in [2.45, 2.75) is 25.8 Å². The van der Waals surface area contributed by atoms with Crippen LogP contribution in [-0.2, 0) is 4.79 Å². The third kappa shape index (κ3) is 3.09. The Balaban J connectivity index is 2.02. The van der Waals surface area contributed by atoms with Crippen LogP contribution in [0.1, 0.15) is 19.8 Å². The van der Waals surface area contributed by atoms with E-state index in [1.807, 2.05) is 0 Å². The van der Waals surface area contributed by atoms with E-state index in [1.165, 1.54) is 19.2 Å². The molecule has 2 rings (SSSR count). The molecule has 1 saturated carbocycles. The number of nitrogens with zero attached hydrogens (tertiary/aromatic N) is 3. The van der Waals surface area contributed by atoms with E-state index in [9.17, 15) is 4.79 Å². The molecule has 18 heavy (non-hydrogen) atoms. The zero-order valence-electron chi connectivity index (χ0n) is 10.6. The Hall–Kier alpha value is -1.85. The summed E-state index contributed by atoms with van der Waals surface area (Å²) in [4.78, 5) is 20.8. The molecule has 1 fully saturated rings. The number of hydrogen-bond acceptors (Lipinski definition) is 5. The molecule has 0 amide bonds. The van der Waals surface area contributed by atoms with Gasteiger partial charge < -0.3 is 15.3 Å². The van der Waals surface area contributed by atoms with Gasteiger partial charge in [0, 0.05) is 19.7 Å². The van der Waals surface area contributed by atoms with Gasteiger partial charge in [0.2, 0.25) is 0 Å². The fourth-order valence-electron chi connectivity index (χ4n) is 1.57. The first-order valence-corrected chi connectivity index (χ1v) is 6.09. The summed E-state index contributed by atoms with van der Waals surface area (Å²) in [6.07, 6.45) is 4.01. The van der Waals surface area contributed by atoms with Gasteiger partial charge in [-0.2, -0.15) is 0 Å². The van der Waals surface area contributed by atoms with Gasteiger partial charge in [-0.25, -0.2) is 14.8 Å². The topological polar surface area (TPSA) is 78.4 Å². The molecule has 1 unspecified atom stereocenters. The van der Waals surface area contributed by atoms with Gasteiger partial charge in [-0.3, -0.25) is 0 Å². The maximum atomic E-state index is 10.9. The van der Waals surface area contributed by atoms with E-state index >= 15 is 0 Å². The number of aromatic nitrogens is 2. The number of carboxylic acid groups (broad SMARTS) is 1. The van der Waals surface area contributed by atoms with Gasteiger partial charge in [-0.05, 0) is 25.7 Å². The van der Waals surface area contributed by atoms with Crippen LogP contribution in [0.2, 0.25) is 0 Å². The normalized spacial score (nSPS) is 16.1. The number of carboxylic acids is 1. The average Bonchev–Trinajstić information content (AvgIpc) is 3.19. The molecule has 1 aliphatic rings. The Morgan fingerprint density at radius 3 is 2.94 bits per heavy atom. The molecule has 0 aliphatic heterocycles. The zero-order chi connectivity index (χ0) is 13.1. The monoisotopic (exact) mass is 250 g/mol. The quantitative estimate of drug-likeness (QED) is 0.790. The highest BCUT2D eigenvalue weighted by atomic mass is 16.4. The Morgan fingerprint density at radius 1 is 1.61 bits per heavy atom. The number of carbonyl (C=O) groups is 1. The molecule has 1 heterocycles. The molecular formula is C12H18N4O2. The first-order valence-electron chi connectivity index (χ1n) is 6.09. The second kappa shape index (κ2) is 5.20. The number of rotatable bonds is 6. The lowest BCUT2D eigenvalue weighted by atomic mass is 10.3. The van der Waals surface area contributed by atoms with Crippen molar-refractivity contribution in [1.29, 1.82) is 0 Å². The van der Waals surface area contributed by atoms with Crippen molar-refractivity contribution in [2.24, 2.45) is 5.92 Å². The predicted octanol–water partition coefficient (Wildman–Crippen LogP) is 1.21. The van der Waals surface area contributed by atoms with Gasteiger partial charge >= 0.3 is 5.97 Å². The molecule has 1 aromatic rings. The molecular weight excluding hydrogens is 232 g/mol. The van der Waals surface area contributed by atoms with Gasteiger partial charge in [0.25, 0.3) is 0 Å². The van der Waals surface area contributed by atoms with Crippen LogP contribution in [-0.4, -0.2) is 40.7 Å². The lowest BCUT2D eigenvalue weighted by molar-refractivity contribution is -0.138. The van der Waals surface area contributed by atoms with Crippen molar-refractivity contribution in [1.82, 2.24) is 9.97 Å². The first-order chi connectivity index (χ1) is 8.58. The van der Waals surface area contributed by atoms with E-state index < -0.39 is 12.0 Å². The van der Waals surface area contributed by atoms with E-state index in [0.717, 1.165) is 18.3 Å². The van der Waals surface area contributed by atoms with Crippen LogP contribution in [0.5, 0.6) is 0 Å². The van der Waals surface area contributed by atoms with E-state index in [1.54, 1.807) is 24.9 Å². The summed E-state index contributed by atoms with van der Waals surface area (Å²) in [5, 5.41) is 12.2. The molecule has 6 nitrogen and oxygen atoms in total. The smallest absolute Gasteiger partial charge is 0.326 e. The molecule has 0 aromatic carbocycles. The third-order valence-electron chi connectivity index (χ3n) is 3.22. The fourth-order valence-corrected chi connectivity index (χ4v) is 1.57. The van der Waals surface area contributed by atoms with Crippen LogP contribution >= 0.6 is 0 Å². The van der Waals surface area contributed by atoms with Crippen molar-refractivity contribution < 1.29 is 9.90 Å². The summed E-state index contributed by atoms with van der Waals surface area (Å²) in [5.41, 5.74) is 0. The second-order valence-electron chi connectivity index (χ2n) is 4.71. The van der Waals surface area contributed by atoms with Crippen molar-refractivity contribution in [2.75, 3.05) is 23.8 Å². The molecule has 2 N–H and O–H groups in total. The largest absolute Gasteiger partial charge is 0.480 e. The molecule has 0 saturated heterocycles. The summed E-state index contributed by atoms with van der Waals surface area (Å²) in [5.74, 6) is 1.25. The number of aliphatic carboxylic acids is 1. The van der Waals surface area contributed by atoms with Gasteiger partial charge in [0.05, 0.1) is 0 Å². The number of nitrogens with one attached hydrogen (secondary N) is 1. The Labute approximate surface area is 106 Å². The molecule has 0 bridgehead atoms. The predicted molar refractivity (Wildman–Crippen MR) is 68.7 cm³/mol. The fraction of sp³-hybridized carbons (Fsp3) is 0.583. The van der Waals surface area contributed by atoms with Gasteiger partial charge in [0.1, 0.15) is 24.0 Å². The summed E-state index contributed by atoms with van der Waals surface area (Å²) < 4.78 is 0. The van der Waals surface area contributed by atoms with Crippen LogP contribution in [0.4, 0.5) is 11.6 Å². The molecule has 1 atom stereocenters. The highest BCUT2D eigenvalue weighted by Gasteiger charge is 2.21. The maximum Gasteiger partial charge on any atom is 0.326 e. The van der Waals surface area contributed by atoms with Gasteiger partial charge in [-0.1, -0.05) is 0 Å². The van der Waals surface area contributed by atoms with Crippen molar-refractivity contribution in [3.8, 4) is 0 Å². The third-order valence-corrected chi connectivity index (χ3v) is 3.22.